The summed E-state index contributed by atoms with van der Waals surface area (Å²) in [4.78, 5) is 0. The van der Waals surface area contributed by atoms with Crippen molar-refractivity contribution >= 4 is 15.9 Å². The van der Waals surface area contributed by atoms with Gasteiger partial charge in [0.05, 0.1) is 6.04 Å². The monoisotopic (exact) mass is 327 g/mol. The first-order valence-corrected chi connectivity index (χ1v) is 6.90. The molecule has 0 aliphatic carbocycles. The largest absolute Gasteiger partial charge is 0.307 e. The van der Waals surface area contributed by atoms with Crippen LogP contribution in [0.5, 0.6) is 0 Å². The number of aromatic nitrogens is 4. The summed E-state index contributed by atoms with van der Waals surface area (Å²) in [5.74, 6) is 0.222. The van der Waals surface area contributed by atoms with E-state index in [-0.39, 0.29) is 11.9 Å². The van der Waals surface area contributed by atoms with Crippen LogP contribution in [0.2, 0.25) is 0 Å². The maximum absolute atomic E-state index is 13.9. The van der Waals surface area contributed by atoms with Crippen LogP contribution in [0.15, 0.2) is 22.7 Å². The molecule has 0 radical (unpaired) electrons. The summed E-state index contributed by atoms with van der Waals surface area (Å²) in [7, 11) is 0. The Kier molecular flexibility index (Phi) is 4.60. The molecular weight excluding hydrogens is 313 g/mol. The number of halogens is 2. The van der Waals surface area contributed by atoms with Crippen molar-refractivity contribution in [2.24, 2.45) is 0 Å². The van der Waals surface area contributed by atoms with Gasteiger partial charge < -0.3 is 5.32 Å². The maximum Gasteiger partial charge on any atom is 0.173 e. The molecule has 0 amide bonds. The van der Waals surface area contributed by atoms with E-state index in [1.807, 2.05) is 6.92 Å². The number of hydrogen-bond acceptors (Lipinski definition) is 4. The topological polar surface area (TPSA) is 55.6 Å². The highest BCUT2D eigenvalue weighted by molar-refractivity contribution is 9.10. The van der Waals surface area contributed by atoms with E-state index in [9.17, 15) is 4.39 Å². The Balaban J connectivity index is 2.33. The quantitative estimate of drug-likeness (QED) is 0.917. The molecule has 0 aliphatic heterocycles. The Morgan fingerprint density at radius 1 is 1.47 bits per heavy atom. The van der Waals surface area contributed by atoms with Gasteiger partial charge in [-0.15, -0.1) is 5.10 Å². The van der Waals surface area contributed by atoms with Crippen molar-refractivity contribution in [3.8, 4) is 5.69 Å². The number of nitrogens with one attached hydrogen (secondary N) is 1. The van der Waals surface area contributed by atoms with Crippen molar-refractivity contribution in [1.82, 2.24) is 25.5 Å². The average molecular weight is 328 g/mol. The minimum atomic E-state index is -0.370. The van der Waals surface area contributed by atoms with Crippen molar-refractivity contribution in [3.63, 3.8) is 0 Å². The van der Waals surface area contributed by atoms with Gasteiger partial charge in [0.2, 0.25) is 0 Å². The predicted molar refractivity (Wildman–Crippen MR) is 73.5 cm³/mol. The van der Waals surface area contributed by atoms with Crippen LogP contribution in [0.3, 0.4) is 0 Å². The molecule has 2 rings (SSSR count). The molecule has 1 unspecified atom stereocenters. The molecule has 0 bridgehead atoms. The second-order valence-electron chi connectivity index (χ2n) is 4.22. The Hall–Kier alpha value is -1.34. The van der Waals surface area contributed by atoms with Gasteiger partial charge in [0.25, 0.3) is 0 Å². The molecule has 0 spiro atoms. The number of hydrogen-bond donors (Lipinski definition) is 1. The fourth-order valence-corrected chi connectivity index (χ4v) is 2.07. The van der Waals surface area contributed by atoms with E-state index in [1.165, 1.54) is 10.7 Å². The number of tetrazole rings is 1. The summed E-state index contributed by atoms with van der Waals surface area (Å²) in [6.07, 6.45) is 1.01. The number of nitrogens with zero attached hydrogens (tertiary/aromatic N) is 4. The zero-order valence-electron chi connectivity index (χ0n) is 10.8. The Morgan fingerprint density at radius 3 is 2.95 bits per heavy atom. The molecule has 102 valence electrons. The molecule has 0 saturated carbocycles. The second-order valence-corrected chi connectivity index (χ2v) is 5.14. The Morgan fingerprint density at radius 2 is 2.26 bits per heavy atom. The summed E-state index contributed by atoms with van der Waals surface area (Å²) < 4.78 is 16.0. The van der Waals surface area contributed by atoms with E-state index < -0.39 is 0 Å². The van der Waals surface area contributed by atoms with Gasteiger partial charge >= 0.3 is 0 Å². The third kappa shape index (κ3) is 3.16. The smallest absolute Gasteiger partial charge is 0.173 e. The van der Waals surface area contributed by atoms with Crippen LogP contribution in [0.4, 0.5) is 4.39 Å². The zero-order valence-corrected chi connectivity index (χ0v) is 12.4. The van der Waals surface area contributed by atoms with E-state index in [0.29, 0.717) is 16.0 Å². The molecule has 1 heterocycles. The van der Waals surface area contributed by atoms with Crippen molar-refractivity contribution < 1.29 is 4.39 Å². The van der Waals surface area contributed by atoms with Gasteiger partial charge in [-0.2, -0.15) is 4.68 Å². The van der Waals surface area contributed by atoms with E-state index in [0.717, 1.165) is 13.0 Å². The molecule has 7 heteroatoms. The molecule has 0 aliphatic rings. The molecule has 1 aromatic heterocycles. The number of benzene rings is 1. The van der Waals surface area contributed by atoms with Crippen LogP contribution in [0.25, 0.3) is 5.69 Å². The summed E-state index contributed by atoms with van der Waals surface area (Å²) >= 11 is 3.23. The predicted octanol–water partition coefficient (Wildman–Crippen LogP) is 2.62. The normalized spacial score (nSPS) is 12.6. The molecule has 0 fully saturated rings. The van der Waals surface area contributed by atoms with Crippen LogP contribution >= 0.6 is 15.9 Å². The second kappa shape index (κ2) is 6.21. The van der Waals surface area contributed by atoms with E-state index in [1.54, 1.807) is 12.1 Å². The lowest BCUT2D eigenvalue weighted by Gasteiger charge is -2.13. The van der Waals surface area contributed by atoms with E-state index in [4.69, 9.17) is 0 Å². The van der Waals surface area contributed by atoms with Crippen molar-refractivity contribution in [1.29, 1.82) is 0 Å². The van der Waals surface area contributed by atoms with E-state index >= 15 is 0 Å². The minimum absolute atomic E-state index is 0.0435. The third-order valence-corrected chi connectivity index (χ3v) is 3.21. The fraction of sp³-hybridized carbons (Fsp3) is 0.417. The summed E-state index contributed by atoms with van der Waals surface area (Å²) in [6.45, 7) is 4.89. The van der Waals surface area contributed by atoms with Gasteiger partial charge in [-0.3, -0.25) is 0 Å². The Labute approximate surface area is 119 Å². The first-order valence-electron chi connectivity index (χ1n) is 6.10. The summed E-state index contributed by atoms with van der Waals surface area (Å²) in [5, 5.41) is 14.8. The molecule has 1 atom stereocenters. The standard InChI is InChI=1S/C12H15BrFN5/c1-3-6-15-8(2)12-16-17-18-19(12)11-5-4-9(13)7-10(11)14/h4-5,7-8,15H,3,6H2,1-2H3. The highest BCUT2D eigenvalue weighted by Crippen LogP contribution is 2.20. The van der Waals surface area contributed by atoms with Crippen molar-refractivity contribution in [2.75, 3.05) is 6.54 Å². The van der Waals surface area contributed by atoms with Crippen LogP contribution in [0, 0.1) is 5.82 Å². The van der Waals surface area contributed by atoms with Gasteiger partial charge in [0.15, 0.2) is 5.82 Å². The SMILES string of the molecule is CCCNC(C)c1nnnn1-c1ccc(Br)cc1F. The lowest BCUT2D eigenvalue weighted by atomic mass is 10.2. The van der Waals surface area contributed by atoms with E-state index in [2.05, 4.69) is 43.7 Å². The molecule has 0 saturated heterocycles. The van der Waals surface area contributed by atoms with Crippen LogP contribution in [-0.2, 0) is 0 Å². The highest BCUT2D eigenvalue weighted by atomic mass is 79.9. The van der Waals surface area contributed by atoms with Gasteiger partial charge in [-0.25, -0.2) is 4.39 Å². The molecule has 2 aromatic rings. The van der Waals surface area contributed by atoms with Gasteiger partial charge in [0.1, 0.15) is 11.5 Å². The van der Waals surface area contributed by atoms with Crippen molar-refractivity contribution in [3.05, 3.63) is 34.3 Å². The first kappa shape index (κ1) is 14.1. The molecule has 1 N–H and O–H groups in total. The third-order valence-electron chi connectivity index (χ3n) is 2.72. The van der Waals surface area contributed by atoms with Crippen LogP contribution in [0.1, 0.15) is 32.1 Å². The molecule has 1 aromatic carbocycles. The highest BCUT2D eigenvalue weighted by Gasteiger charge is 2.17. The summed E-state index contributed by atoms with van der Waals surface area (Å²) in [6, 6.07) is 4.75. The minimum Gasteiger partial charge on any atom is -0.307 e. The number of rotatable bonds is 5. The molecule has 19 heavy (non-hydrogen) atoms. The van der Waals surface area contributed by atoms with Crippen molar-refractivity contribution in [2.45, 2.75) is 26.3 Å². The summed E-state index contributed by atoms with van der Waals surface area (Å²) in [5.41, 5.74) is 0.341. The maximum atomic E-state index is 13.9. The average Bonchev–Trinajstić information content (AvgIpc) is 2.85. The van der Waals surface area contributed by atoms with Gasteiger partial charge in [0, 0.05) is 4.47 Å². The lowest BCUT2D eigenvalue weighted by molar-refractivity contribution is 0.524. The van der Waals surface area contributed by atoms with Crippen LogP contribution in [-0.4, -0.2) is 26.8 Å². The molecular formula is C12H15BrFN5. The van der Waals surface area contributed by atoms with Crippen LogP contribution < -0.4 is 5.32 Å². The van der Waals surface area contributed by atoms with Gasteiger partial charge in [-0.1, -0.05) is 22.9 Å². The molecule has 5 nitrogen and oxygen atoms in total. The zero-order chi connectivity index (χ0) is 13.8. The van der Waals surface area contributed by atoms with Gasteiger partial charge in [-0.05, 0) is 48.5 Å². The lowest BCUT2D eigenvalue weighted by Crippen LogP contribution is -2.23. The first-order chi connectivity index (χ1) is 9.13. The Bertz CT molecular complexity index is 557. The fourth-order valence-electron chi connectivity index (χ4n) is 1.74.